The van der Waals surface area contributed by atoms with Gasteiger partial charge in [0, 0.05) is 5.39 Å². The predicted molar refractivity (Wildman–Crippen MR) is 74.2 cm³/mol. The molecule has 1 fully saturated rings. The lowest BCUT2D eigenvalue weighted by Gasteiger charge is -2.16. The molecule has 0 saturated heterocycles. The lowest BCUT2D eigenvalue weighted by Crippen LogP contribution is -2.18. The van der Waals surface area contributed by atoms with Crippen molar-refractivity contribution in [2.75, 3.05) is 0 Å². The fourth-order valence-electron chi connectivity index (χ4n) is 3.24. The normalized spacial score (nSPS) is 25.0. The van der Waals surface area contributed by atoms with Crippen LogP contribution in [-0.2, 0) is 0 Å². The second-order valence-electron chi connectivity index (χ2n) is 5.70. The standard InChI is InChI=1S/C16H20FNO/c1-2-10-3-4-11(7-10)16(18)15-9-12-8-13(17)5-6-14(12)19-15/h5-6,8-11,16H,2-4,7,18H2,1H3. The lowest BCUT2D eigenvalue weighted by molar-refractivity contribution is 0.366. The lowest BCUT2D eigenvalue weighted by atomic mass is 9.95. The van der Waals surface area contributed by atoms with Crippen LogP contribution in [0.25, 0.3) is 11.0 Å². The van der Waals surface area contributed by atoms with Gasteiger partial charge in [0.25, 0.3) is 0 Å². The van der Waals surface area contributed by atoms with Crippen LogP contribution in [0.4, 0.5) is 4.39 Å². The fourth-order valence-corrected chi connectivity index (χ4v) is 3.24. The molecule has 0 amide bonds. The van der Waals surface area contributed by atoms with Crippen molar-refractivity contribution in [1.29, 1.82) is 0 Å². The number of rotatable bonds is 3. The van der Waals surface area contributed by atoms with Gasteiger partial charge in [-0.3, -0.25) is 0 Å². The summed E-state index contributed by atoms with van der Waals surface area (Å²) in [6, 6.07) is 6.42. The quantitative estimate of drug-likeness (QED) is 0.889. The van der Waals surface area contributed by atoms with Gasteiger partial charge in [0.05, 0.1) is 6.04 Å². The predicted octanol–water partition coefficient (Wildman–Crippen LogP) is 4.40. The maximum absolute atomic E-state index is 13.2. The molecule has 0 bridgehead atoms. The van der Waals surface area contributed by atoms with Crippen LogP contribution in [0.15, 0.2) is 28.7 Å². The molecule has 0 spiro atoms. The number of hydrogen-bond donors (Lipinski definition) is 1. The summed E-state index contributed by atoms with van der Waals surface area (Å²) in [7, 11) is 0. The highest BCUT2D eigenvalue weighted by molar-refractivity contribution is 5.78. The Hall–Kier alpha value is -1.35. The molecule has 1 saturated carbocycles. The molecule has 19 heavy (non-hydrogen) atoms. The van der Waals surface area contributed by atoms with Gasteiger partial charge in [-0.1, -0.05) is 19.8 Å². The molecule has 1 aromatic heterocycles. The summed E-state index contributed by atoms with van der Waals surface area (Å²) in [6.07, 6.45) is 4.85. The Balaban J connectivity index is 1.83. The summed E-state index contributed by atoms with van der Waals surface area (Å²) in [4.78, 5) is 0. The Morgan fingerprint density at radius 3 is 2.95 bits per heavy atom. The highest BCUT2D eigenvalue weighted by Crippen LogP contribution is 2.40. The summed E-state index contributed by atoms with van der Waals surface area (Å²) in [6.45, 7) is 2.24. The van der Waals surface area contributed by atoms with Gasteiger partial charge in [0.1, 0.15) is 17.2 Å². The molecular formula is C16H20FNO. The Morgan fingerprint density at radius 1 is 1.37 bits per heavy atom. The van der Waals surface area contributed by atoms with Crippen LogP contribution < -0.4 is 5.73 Å². The van der Waals surface area contributed by atoms with Gasteiger partial charge in [-0.25, -0.2) is 4.39 Å². The van der Waals surface area contributed by atoms with Crippen LogP contribution >= 0.6 is 0 Å². The zero-order valence-corrected chi connectivity index (χ0v) is 11.2. The van der Waals surface area contributed by atoms with E-state index in [1.165, 1.54) is 37.8 Å². The molecule has 2 N–H and O–H groups in total. The number of furan rings is 1. The SMILES string of the molecule is CCC1CCC(C(N)c2cc3cc(F)ccc3o2)C1. The highest BCUT2D eigenvalue weighted by Gasteiger charge is 2.30. The molecule has 0 radical (unpaired) electrons. The summed E-state index contributed by atoms with van der Waals surface area (Å²) in [5, 5.41) is 0.801. The van der Waals surface area contributed by atoms with Crippen LogP contribution in [0.1, 0.15) is 44.4 Å². The number of halogens is 1. The summed E-state index contributed by atoms with van der Waals surface area (Å²) < 4.78 is 18.9. The van der Waals surface area contributed by atoms with Gasteiger partial charge in [-0.2, -0.15) is 0 Å². The first-order valence-electron chi connectivity index (χ1n) is 7.12. The van der Waals surface area contributed by atoms with Gasteiger partial charge in [-0.15, -0.1) is 0 Å². The molecule has 0 aliphatic heterocycles. The molecular weight excluding hydrogens is 241 g/mol. The molecule has 3 unspecified atom stereocenters. The van der Waals surface area contributed by atoms with Crippen molar-refractivity contribution in [3.8, 4) is 0 Å². The van der Waals surface area contributed by atoms with Crippen LogP contribution in [0.5, 0.6) is 0 Å². The van der Waals surface area contributed by atoms with E-state index in [1.807, 2.05) is 6.07 Å². The summed E-state index contributed by atoms with van der Waals surface area (Å²) in [5.74, 6) is 1.86. The summed E-state index contributed by atoms with van der Waals surface area (Å²) in [5.41, 5.74) is 7.05. The first-order valence-corrected chi connectivity index (χ1v) is 7.12. The molecule has 2 nitrogen and oxygen atoms in total. The van der Waals surface area contributed by atoms with E-state index in [0.29, 0.717) is 5.92 Å². The third kappa shape index (κ3) is 2.39. The van der Waals surface area contributed by atoms with Crippen molar-refractivity contribution in [3.05, 3.63) is 35.8 Å². The van der Waals surface area contributed by atoms with Crippen LogP contribution in [0.3, 0.4) is 0 Å². The smallest absolute Gasteiger partial charge is 0.134 e. The molecule has 3 rings (SSSR count). The molecule has 1 aromatic carbocycles. The average molecular weight is 261 g/mol. The van der Waals surface area contributed by atoms with Gasteiger partial charge in [0.2, 0.25) is 0 Å². The number of fused-ring (bicyclic) bond motifs is 1. The van der Waals surface area contributed by atoms with E-state index >= 15 is 0 Å². The molecule has 2 aromatic rings. The zero-order chi connectivity index (χ0) is 13.4. The van der Waals surface area contributed by atoms with E-state index in [1.54, 1.807) is 6.07 Å². The third-order valence-electron chi connectivity index (χ3n) is 4.49. The number of hydrogen-bond acceptors (Lipinski definition) is 2. The van der Waals surface area contributed by atoms with E-state index in [-0.39, 0.29) is 11.9 Å². The first kappa shape index (κ1) is 12.7. The van der Waals surface area contributed by atoms with E-state index in [9.17, 15) is 4.39 Å². The van der Waals surface area contributed by atoms with Crippen molar-refractivity contribution in [1.82, 2.24) is 0 Å². The van der Waals surface area contributed by atoms with Crippen LogP contribution in [0, 0.1) is 17.7 Å². The van der Waals surface area contributed by atoms with Crippen molar-refractivity contribution < 1.29 is 8.81 Å². The topological polar surface area (TPSA) is 39.2 Å². The van der Waals surface area contributed by atoms with E-state index in [4.69, 9.17) is 10.2 Å². The largest absolute Gasteiger partial charge is 0.459 e. The third-order valence-corrected chi connectivity index (χ3v) is 4.49. The van der Waals surface area contributed by atoms with Crippen LogP contribution in [0.2, 0.25) is 0 Å². The van der Waals surface area contributed by atoms with Crippen molar-refractivity contribution in [3.63, 3.8) is 0 Å². The zero-order valence-electron chi connectivity index (χ0n) is 11.2. The van der Waals surface area contributed by atoms with Gasteiger partial charge in [-0.05, 0) is 48.9 Å². The Kier molecular flexibility index (Phi) is 3.31. The first-order chi connectivity index (χ1) is 9.17. The van der Waals surface area contributed by atoms with Crippen LogP contribution in [-0.4, -0.2) is 0 Å². The molecule has 1 heterocycles. The Labute approximate surface area is 112 Å². The number of nitrogens with two attached hydrogens (primary N) is 1. The molecule has 3 heteroatoms. The fraction of sp³-hybridized carbons (Fsp3) is 0.500. The van der Waals surface area contributed by atoms with Crippen molar-refractivity contribution >= 4 is 11.0 Å². The van der Waals surface area contributed by atoms with Gasteiger partial charge in [0.15, 0.2) is 0 Å². The molecule has 3 atom stereocenters. The van der Waals surface area contributed by atoms with E-state index < -0.39 is 0 Å². The Bertz CT molecular complexity index is 577. The maximum atomic E-state index is 13.2. The number of benzene rings is 1. The second-order valence-corrected chi connectivity index (χ2v) is 5.70. The Morgan fingerprint density at radius 2 is 2.21 bits per heavy atom. The van der Waals surface area contributed by atoms with Gasteiger partial charge < -0.3 is 10.2 Å². The second kappa shape index (κ2) is 4.97. The monoisotopic (exact) mass is 261 g/mol. The average Bonchev–Trinajstić information content (AvgIpc) is 3.03. The summed E-state index contributed by atoms with van der Waals surface area (Å²) >= 11 is 0. The van der Waals surface area contributed by atoms with Gasteiger partial charge >= 0.3 is 0 Å². The minimum atomic E-state index is -0.236. The van der Waals surface area contributed by atoms with Crippen molar-refractivity contribution in [2.24, 2.45) is 17.6 Å². The molecule has 1 aliphatic carbocycles. The highest BCUT2D eigenvalue weighted by atomic mass is 19.1. The van der Waals surface area contributed by atoms with E-state index in [2.05, 4.69) is 6.92 Å². The molecule has 102 valence electrons. The maximum Gasteiger partial charge on any atom is 0.134 e. The minimum Gasteiger partial charge on any atom is -0.459 e. The molecule has 1 aliphatic rings. The van der Waals surface area contributed by atoms with Crippen molar-refractivity contribution in [2.45, 2.75) is 38.6 Å². The van der Waals surface area contributed by atoms with E-state index in [0.717, 1.165) is 22.6 Å². The minimum absolute atomic E-state index is 0.0630.